The largest absolute Gasteiger partial charge is 0.351 e. The topological polar surface area (TPSA) is 62.0 Å². The molecule has 78 valence electrons. The first-order valence-electron chi connectivity index (χ1n) is 4.56. The Labute approximate surface area is 87.7 Å². The molecule has 0 aliphatic rings. The SMILES string of the molecule is C#CCCNC(=O)c1ccc(C)[nH]c1=O. The first-order chi connectivity index (χ1) is 7.15. The minimum absolute atomic E-state index is 0.109. The van der Waals surface area contributed by atoms with Crippen molar-refractivity contribution in [2.45, 2.75) is 13.3 Å². The summed E-state index contributed by atoms with van der Waals surface area (Å²) in [5.74, 6) is 2.00. The van der Waals surface area contributed by atoms with Gasteiger partial charge in [-0.05, 0) is 19.1 Å². The van der Waals surface area contributed by atoms with Gasteiger partial charge in [-0.1, -0.05) is 0 Å². The molecule has 1 rings (SSSR count). The summed E-state index contributed by atoms with van der Waals surface area (Å²) in [6, 6.07) is 3.18. The predicted molar refractivity (Wildman–Crippen MR) is 57.6 cm³/mol. The summed E-state index contributed by atoms with van der Waals surface area (Å²) in [6.07, 6.45) is 5.49. The van der Waals surface area contributed by atoms with Gasteiger partial charge in [-0.3, -0.25) is 9.59 Å². The molecule has 0 atom stereocenters. The lowest BCUT2D eigenvalue weighted by atomic mass is 10.2. The number of H-pyrrole nitrogens is 1. The summed E-state index contributed by atoms with van der Waals surface area (Å²) in [4.78, 5) is 25.4. The van der Waals surface area contributed by atoms with Crippen molar-refractivity contribution in [1.82, 2.24) is 10.3 Å². The van der Waals surface area contributed by atoms with E-state index in [0.29, 0.717) is 13.0 Å². The minimum Gasteiger partial charge on any atom is -0.351 e. The summed E-state index contributed by atoms with van der Waals surface area (Å²) in [7, 11) is 0. The zero-order valence-electron chi connectivity index (χ0n) is 8.46. The number of aryl methyl sites for hydroxylation is 1. The lowest BCUT2D eigenvalue weighted by Crippen LogP contribution is -2.30. The molecule has 0 radical (unpaired) electrons. The van der Waals surface area contributed by atoms with E-state index in [4.69, 9.17) is 6.42 Å². The van der Waals surface area contributed by atoms with Crippen LogP contribution in [0.25, 0.3) is 0 Å². The molecule has 0 aliphatic carbocycles. The molecule has 1 aromatic rings. The van der Waals surface area contributed by atoms with Gasteiger partial charge >= 0.3 is 0 Å². The number of carbonyl (C=O) groups excluding carboxylic acids is 1. The average molecular weight is 204 g/mol. The van der Waals surface area contributed by atoms with Gasteiger partial charge in [0.25, 0.3) is 11.5 Å². The average Bonchev–Trinajstić information content (AvgIpc) is 2.17. The van der Waals surface area contributed by atoms with Crippen LogP contribution in [0.15, 0.2) is 16.9 Å². The summed E-state index contributed by atoms with van der Waals surface area (Å²) in [6.45, 7) is 2.13. The highest BCUT2D eigenvalue weighted by Gasteiger charge is 2.08. The van der Waals surface area contributed by atoms with Crippen LogP contribution in [0.1, 0.15) is 22.5 Å². The Morgan fingerprint density at radius 3 is 2.93 bits per heavy atom. The van der Waals surface area contributed by atoms with Crippen LogP contribution in [0, 0.1) is 19.3 Å². The Hall–Kier alpha value is -2.02. The lowest BCUT2D eigenvalue weighted by Gasteiger charge is -2.02. The van der Waals surface area contributed by atoms with Crippen molar-refractivity contribution in [1.29, 1.82) is 0 Å². The number of hydrogen-bond acceptors (Lipinski definition) is 2. The van der Waals surface area contributed by atoms with Gasteiger partial charge in [0, 0.05) is 18.7 Å². The molecule has 0 bridgehead atoms. The molecule has 0 saturated carbocycles. The van der Waals surface area contributed by atoms with E-state index in [1.165, 1.54) is 6.07 Å². The number of terminal acetylenes is 1. The molecule has 0 aliphatic heterocycles. The lowest BCUT2D eigenvalue weighted by molar-refractivity contribution is 0.0953. The summed E-state index contributed by atoms with van der Waals surface area (Å²) < 4.78 is 0. The van der Waals surface area contributed by atoms with Gasteiger partial charge in [0.1, 0.15) is 5.56 Å². The number of rotatable bonds is 3. The van der Waals surface area contributed by atoms with Gasteiger partial charge < -0.3 is 10.3 Å². The van der Waals surface area contributed by atoms with Gasteiger partial charge in [0.05, 0.1) is 0 Å². The highest BCUT2D eigenvalue weighted by Crippen LogP contribution is 1.93. The second kappa shape index (κ2) is 5.01. The fourth-order valence-electron chi connectivity index (χ4n) is 1.09. The third-order valence-corrected chi connectivity index (χ3v) is 1.85. The maximum atomic E-state index is 11.5. The molecule has 1 amide bonds. The van der Waals surface area contributed by atoms with Gasteiger partial charge in [-0.15, -0.1) is 12.3 Å². The molecule has 0 saturated heterocycles. The van der Waals surface area contributed by atoms with Crippen LogP contribution >= 0.6 is 0 Å². The van der Waals surface area contributed by atoms with Crippen LogP contribution in [-0.2, 0) is 0 Å². The van der Waals surface area contributed by atoms with Crippen molar-refractivity contribution in [2.75, 3.05) is 6.54 Å². The number of amides is 1. The molecule has 2 N–H and O–H groups in total. The van der Waals surface area contributed by atoms with E-state index < -0.39 is 5.91 Å². The van der Waals surface area contributed by atoms with Crippen LogP contribution in [-0.4, -0.2) is 17.4 Å². The van der Waals surface area contributed by atoms with E-state index in [2.05, 4.69) is 16.2 Å². The van der Waals surface area contributed by atoms with Crippen molar-refractivity contribution in [3.05, 3.63) is 33.7 Å². The van der Waals surface area contributed by atoms with E-state index in [0.717, 1.165) is 5.69 Å². The fourth-order valence-corrected chi connectivity index (χ4v) is 1.09. The predicted octanol–water partition coefficient (Wildman–Crippen LogP) is 0.436. The fraction of sp³-hybridized carbons (Fsp3) is 0.273. The summed E-state index contributed by atoms with van der Waals surface area (Å²) >= 11 is 0. The zero-order chi connectivity index (χ0) is 11.3. The van der Waals surface area contributed by atoms with Crippen molar-refractivity contribution in [2.24, 2.45) is 0 Å². The van der Waals surface area contributed by atoms with Crippen molar-refractivity contribution in [3.8, 4) is 12.3 Å². The molecule has 0 spiro atoms. The third kappa shape index (κ3) is 2.99. The van der Waals surface area contributed by atoms with Crippen molar-refractivity contribution < 1.29 is 4.79 Å². The highest BCUT2D eigenvalue weighted by molar-refractivity contribution is 5.93. The molecule has 4 nitrogen and oxygen atoms in total. The Morgan fingerprint density at radius 2 is 2.33 bits per heavy atom. The van der Waals surface area contributed by atoms with E-state index in [1.54, 1.807) is 13.0 Å². The number of nitrogens with one attached hydrogen (secondary N) is 2. The van der Waals surface area contributed by atoms with Crippen LogP contribution in [0.5, 0.6) is 0 Å². The summed E-state index contributed by atoms with van der Waals surface area (Å²) in [5, 5.41) is 2.56. The Bertz CT molecular complexity index is 454. The molecular weight excluding hydrogens is 192 g/mol. The quantitative estimate of drug-likeness (QED) is 0.554. The van der Waals surface area contributed by atoms with Crippen LogP contribution < -0.4 is 10.9 Å². The van der Waals surface area contributed by atoms with E-state index in [1.807, 2.05) is 0 Å². The molecule has 1 aromatic heterocycles. The molecule has 1 heterocycles. The molecule has 4 heteroatoms. The molecular formula is C11H12N2O2. The second-order valence-electron chi connectivity index (χ2n) is 3.09. The Kier molecular flexibility index (Phi) is 3.69. The second-order valence-corrected chi connectivity index (χ2v) is 3.09. The normalized spacial score (nSPS) is 9.33. The van der Waals surface area contributed by atoms with Gasteiger partial charge in [0.15, 0.2) is 0 Å². The number of carbonyl (C=O) groups is 1. The molecule has 0 unspecified atom stereocenters. The van der Waals surface area contributed by atoms with E-state index in [9.17, 15) is 9.59 Å². The molecule has 15 heavy (non-hydrogen) atoms. The van der Waals surface area contributed by atoms with E-state index >= 15 is 0 Å². The first kappa shape index (κ1) is 11.1. The maximum absolute atomic E-state index is 11.5. The van der Waals surface area contributed by atoms with Gasteiger partial charge in [0.2, 0.25) is 0 Å². The Morgan fingerprint density at radius 1 is 1.60 bits per heavy atom. The van der Waals surface area contributed by atoms with Crippen molar-refractivity contribution >= 4 is 5.91 Å². The first-order valence-corrected chi connectivity index (χ1v) is 4.56. The standard InChI is InChI=1S/C11H12N2O2/c1-3-4-7-12-10(14)9-6-5-8(2)13-11(9)15/h1,5-6H,4,7H2,2H3,(H,12,14)(H,13,15). The monoisotopic (exact) mass is 204 g/mol. The number of pyridine rings is 1. The smallest absolute Gasteiger partial charge is 0.260 e. The number of aromatic amines is 1. The summed E-state index contributed by atoms with van der Waals surface area (Å²) in [5.41, 5.74) is 0.450. The van der Waals surface area contributed by atoms with E-state index in [-0.39, 0.29) is 11.1 Å². The third-order valence-electron chi connectivity index (χ3n) is 1.85. The number of aromatic nitrogens is 1. The minimum atomic E-state index is -0.397. The van der Waals surface area contributed by atoms with Crippen LogP contribution in [0.2, 0.25) is 0 Å². The highest BCUT2D eigenvalue weighted by atomic mass is 16.2. The van der Waals surface area contributed by atoms with Gasteiger partial charge in [-0.2, -0.15) is 0 Å². The van der Waals surface area contributed by atoms with Crippen LogP contribution in [0.3, 0.4) is 0 Å². The van der Waals surface area contributed by atoms with Gasteiger partial charge in [-0.25, -0.2) is 0 Å². The Balaban J connectivity index is 2.75. The van der Waals surface area contributed by atoms with Crippen LogP contribution in [0.4, 0.5) is 0 Å². The number of hydrogen-bond donors (Lipinski definition) is 2. The maximum Gasteiger partial charge on any atom is 0.260 e. The van der Waals surface area contributed by atoms with Crippen molar-refractivity contribution in [3.63, 3.8) is 0 Å². The zero-order valence-corrected chi connectivity index (χ0v) is 8.46. The molecule has 0 fully saturated rings. The molecule has 0 aromatic carbocycles.